The molecule has 1 fully saturated rings. The second kappa shape index (κ2) is 6.43. The molecule has 0 radical (unpaired) electrons. The van der Waals surface area contributed by atoms with Crippen molar-refractivity contribution in [2.45, 2.75) is 45.3 Å². The molecule has 1 aliphatic heterocycles. The second-order valence-corrected chi connectivity index (χ2v) is 6.56. The van der Waals surface area contributed by atoms with Crippen LogP contribution in [-0.2, 0) is 4.74 Å². The highest BCUT2D eigenvalue weighted by atomic mass is 32.1. The van der Waals surface area contributed by atoms with Crippen molar-refractivity contribution in [1.82, 2.24) is 14.9 Å². The summed E-state index contributed by atoms with van der Waals surface area (Å²) in [6, 6.07) is 2.17. The van der Waals surface area contributed by atoms with Gasteiger partial charge in [-0.05, 0) is 51.9 Å². The van der Waals surface area contributed by atoms with Gasteiger partial charge < -0.3 is 19.9 Å². The van der Waals surface area contributed by atoms with Crippen LogP contribution in [0.5, 0.6) is 0 Å². The fourth-order valence-electron chi connectivity index (χ4n) is 2.21. The van der Waals surface area contributed by atoms with Gasteiger partial charge in [0.15, 0.2) is 4.77 Å². The lowest BCUT2D eigenvalue weighted by Crippen LogP contribution is -2.44. The minimum atomic E-state index is -0.446. The van der Waals surface area contributed by atoms with Gasteiger partial charge in [-0.25, -0.2) is 9.78 Å². The number of rotatable bonds is 2. The van der Waals surface area contributed by atoms with E-state index < -0.39 is 5.60 Å². The summed E-state index contributed by atoms with van der Waals surface area (Å²) in [7, 11) is 0. The van der Waals surface area contributed by atoms with Gasteiger partial charge in [-0.15, -0.1) is 0 Å². The van der Waals surface area contributed by atoms with Gasteiger partial charge in [0.1, 0.15) is 11.4 Å². The van der Waals surface area contributed by atoms with Crippen molar-refractivity contribution < 1.29 is 9.53 Å². The summed E-state index contributed by atoms with van der Waals surface area (Å²) in [6.45, 7) is 7.03. The monoisotopic (exact) mass is 310 g/mol. The molecule has 1 aromatic heterocycles. The zero-order valence-corrected chi connectivity index (χ0v) is 13.5. The third-order valence-electron chi connectivity index (χ3n) is 3.18. The minimum Gasteiger partial charge on any atom is -0.444 e. The average Bonchev–Trinajstić information content (AvgIpc) is 2.37. The van der Waals surface area contributed by atoms with E-state index in [4.69, 9.17) is 17.0 Å². The second-order valence-electron chi connectivity index (χ2n) is 6.17. The van der Waals surface area contributed by atoms with Gasteiger partial charge in [0, 0.05) is 25.3 Å². The fourth-order valence-corrected chi connectivity index (χ4v) is 2.38. The number of carbonyl (C=O) groups is 1. The molecule has 116 valence electrons. The number of H-pyrrole nitrogens is 1. The lowest BCUT2D eigenvalue weighted by Gasteiger charge is -2.34. The highest BCUT2D eigenvalue weighted by Gasteiger charge is 2.26. The molecule has 0 aromatic carbocycles. The van der Waals surface area contributed by atoms with Gasteiger partial charge in [-0.3, -0.25) is 0 Å². The molecule has 2 heterocycles. The highest BCUT2D eigenvalue weighted by Crippen LogP contribution is 2.17. The Kier molecular flexibility index (Phi) is 4.82. The Hall–Kier alpha value is -1.63. The van der Waals surface area contributed by atoms with Crippen molar-refractivity contribution in [3.8, 4) is 0 Å². The number of aromatic amines is 1. The summed E-state index contributed by atoms with van der Waals surface area (Å²) in [4.78, 5) is 20.7. The van der Waals surface area contributed by atoms with E-state index in [1.165, 1.54) is 0 Å². The summed E-state index contributed by atoms with van der Waals surface area (Å²) < 4.78 is 5.85. The summed E-state index contributed by atoms with van der Waals surface area (Å²) >= 11 is 4.99. The molecule has 0 unspecified atom stereocenters. The number of nitrogens with one attached hydrogen (secondary N) is 2. The molecule has 0 bridgehead atoms. The zero-order valence-electron chi connectivity index (χ0n) is 12.7. The van der Waals surface area contributed by atoms with Gasteiger partial charge >= 0.3 is 6.09 Å². The standard InChI is InChI=1S/C14H22N4O2S/c1-14(2,3)20-13(19)18-8-5-10(6-9-18)16-11-4-7-15-12(21)17-11/h4,7,10H,5-6,8-9H2,1-3H3,(H2,15,16,17,21). The topological polar surface area (TPSA) is 70.2 Å². The van der Waals surface area contributed by atoms with Crippen LogP contribution in [0.15, 0.2) is 12.3 Å². The molecule has 0 atom stereocenters. The van der Waals surface area contributed by atoms with Gasteiger partial charge in [0.25, 0.3) is 0 Å². The van der Waals surface area contributed by atoms with Crippen LogP contribution in [0.4, 0.5) is 10.6 Å². The molecular weight excluding hydrogens is 288 g/mol. The van der Waals surface area contributed by atoms with Crippen molar-refractivity contribution >= 4 is 24.1 Å². The predicted molar refractivity (Wildman–Crippen MR) is 83.9 cm³/mol. The molecule has 1 saturated heterocycles. The number of anilines is 1. The molecule has 6 nitrogen and oxygen atoms in total. The molecule has 0 spiro atoms. The predicted octanol–water partition coefficient (Wildman–Crippen LogP) is 2.95. The first-order valence-electron chi connectivity index (χ1n) is 7.13. The Bertz CT molecular complexity index is 544. The number of nitrogens with zero attached hydrogens (tertiary/aromatic N) is 2. The summed E-state index contributed by atoms with van der Waals surface area (Å²) in [6.07, 6.45) is 3.20. The third kappa shape index (κ3) is 5.00. The van der Waals surface area contributed by atoms with Crippen LogP contribution in [0.1, 0.15) is 33.6 Å². The largest absolute Gasteiger partial charge is 0.444 e. The van der Waals surface area contributed by atoms with E-state index in [-0.39, 0.29) is 6.09 Å². The summed E-state index contributed by atoms with van der Waals surface area (Å²) in [5.41, 5.74) is -0.446. The van der Waals surface area contributed by atoms with E-state index in [1.807, 2.05) is 26.8 Å². The number of hydrogen-bond acceptors (Lipinski definition) is 5. The van der Waals surface area contributed by atoms with Crippen LogP contribution in [-0.4, -0.2) is 45.7 Å². The number of likely N-dealkylation sites (tertiary alicyclic amines) is 1. The molecule has 1 aromatic rings. The first-order valence-corrected chi connectivity index (χ1v) is 7.54. The third-order valence-corrected chi connectivity index (χ3v) is 3.39. The van der Waals surface area contributed by atoms with Crippen molar-refractivity contribution in [2.24, 2.45) is 0 Å². The highest BCUT2D eigenvalue weighted by molar-refractivity contribution is 7.71. The number of hydrogen-bond donors (Lipinski definition) is 2. The maximum atomic E-state index is 12.0. The smallest absolute Gasteiger partial charge is 0.410 e. The van der Waals surface area contributed by atoms with Crippen molar-refractivity contribution in [1.29, 1.82) is 0 Å². The molecule has 1 amide bonds. The van der Waals surface area contributed by atoms with Crippen LogP contribution < -0.4 is 5.32 Å². The molecule has 1 aliphatic rings. The van der Waals surface area contributed by atoms with Crippen molar-refractivity contribution in [3.63, 3.8) is 0 Å². The molecule has 2 N–H and O–H groups in total. The maximum absolute atomic E-state index is 12.0. The van der Waals surface area contributed by atoms with Gasteiger partial charge in [-0.2, -0.15) is 0 Å². The van der Waals surface area contributed by atoms with Gasteiger partial charge in [0.2, 0.25) is 0 Å². The van der Waals surface area contributed by atoms with Crippen molar-refractivity contribution in [3.05, 3.63) is 17.0 Å². The molecule has 0 aliphatic carbocycles. The van der Waals surface area contributed by atoms with Crippen LogP contribution in [0.2, 0.25) is 0 Å². The normalized spacial score (nSPS) is 16.6. The van der Waals surface area contributed by atoms with E-state index in [2.05, 4.69) is 15.3 Å². The SMILES string of the molecule is CC(C)(C)OC(=O)N1CCC(Nc2ccnc(=S)[nH]2)CC1. The van der Waals surface area contributed by atoms with Crippen LogP contribution in [0.3, 0.4) is 0 Å². The number of carbonyl (C=O) groups excluding carboxylic acids is 1. The van der Waals surface area contributed by atoms with Gasteiger partial charge in [0.05, 0.1) is 0 Å². The number of aromatic nitrogens is 2. The van der Waals surface area contributed by atoms with E-state index in [0.29, 0.717) is 23.9 Å². The molecule has 0 saturated carbocycles. The average molecular weight is 310 g/mol. The zero-order chi connectivity index (χ0) is 15.5. The molecular formula is C14H22N4O2S. The lowest BCUT2D eigenvalue weighted by molar-refractivity contribution is 0.0210. The summed E-state index contributed by atoms with van der Waals surface area (Å²) in [5.74, 6) is 0.866. The Morgan fingerprint density at radius 2 is 2.14 bits per heavy atom. The lowest BCUT2D eigenvalue weighted by atomic mass is 10.1. The van der Waals surface area contributed by atoms with Crippen molar-refractivity contribution in [2.75, 3.05) is 18.4 Å². The quantitative estimate of drug-likeness (QED) is 0.822. The van der Waals surface area contributed by atoms with E-state index in [1.54, 1.807) is 11.1 Å². The number of amides is 1. The first kappa shape index (κ1) is 15.8. The Labute approximate surface area is 129 Å². The number of ether oxygens (including phenoxy) is 1. The van der Waals surface area contributed by atoms with E-state index >= 15 is 0 Å². The minimum absolute atomic E-state index is 0.232. The molecule has 2 rings (SSSR count). The molecule has 7 heteroatoms. The summed E-state index contributed by atoms with van der Waals surface area (Å²) in [5, 5.41) is 3.39. The fraction of sp³-hybridized carbons (Fsp3) is 0.643. The van der Waals surface area contributed by atoms with Crippen LogP contribution >= 0.6 is 12.2 Å². The molecule has 21 heavy (non-hydrogen) atoms. The Morgan fingerprint density at radius 1 is 1.48 bits per heavy atom. The van der Waals surface area contributed by atoms with E-state index in [9.17, 15) is 4.79 Å². The Morgan fingerprint density at radius 3 is 2.71 bits per heavy atom. The maximum Gasteiger partial charge on any atom is 0.410 e. The Balaban J connectivity index is 1.83. The van der Waals surface area contributed by atoms with Crippen LogP contribution in [0, 0.1) is 4.77 Å². The number of piperidine rings is 1. The van der Waals surface area contributed by atoms with E-state index in [0.717, 1.165) is 18.7 Å². The van der Waals surface area contributed by atoms with Gasteiger partial charge in [-0.1, -0.05) is 0 Å². The van der Waals surface area contributed by atoms with Crippen LogP contribution in [0.25, 0.3) is 0 Å². The first-order chi connectivity index (χ1) is 9.83.